The van der Waals surface area contributed by atoms with Crippen LogP contribution in [0.3, 0.4) is 0 Å². The molecule has 32 heavy (non-hydrogen) atoms. The van der Waals surface area contributed by atoms with E-state index in [1.807, 2.05) is 6.08 Å². The summed E-state index contributed by atoms with van der Waals surface area (Å²) in [4.78, 5) is 0. The zero-order valence-electron chi connectivity index (χ0n) is 18.3. The van der Waals surface area contributed by atoms with Gasteiger partial charge in [-0.2, -0.15) is 0 Å². The van der Waals surface area contributed by atoms with Crippen LogP contribution in [0.4, 0.5) is 26.3 Å². The second-order valence-corrected chi connectivity index (χ2v) is 9.34. The van der Waals surface area contributed by atoms with Crippen molar-refractivity contribution in [2.24, 2.45) is 17.8 Å². The zero-order chi connectivity index (χ0) is 23.1. The Morgan fingerprint density at radius 2 is 1.38 bits per heavy atom. The van der Waals surface area contributed by atoms with Gasteiger partial charge >= 0.3 is 6.36 Å². The molecule has 0 bridgehead atoms. The summed E-state index contributed by atoms with van der Waals surface area (Å²) in [5.74, 6) is -2.13. The van der Waals surface area contributed by atoms with Crippen molar-refractivity contribution in [2.75, 3.05) is 6.67 Å². The number of ether oxygens (including phenoxy) is 1. The maximum absolute atomic E-state index is 14.0. The van der Waals surface area contributed by atoms with Gasteiger partial charge in [-0.1, -0.05) is 25.0 Å². The highest BCUT2D eigenvalue weighted by atomic mass is 19.4. The van der Waals surface area contributed by atoms with E-state index >= 15 is 0 Å². The predicted octanol–water partition coefficient (Wildman–Crippen LogP) is 8.64. The number of hydrogen-bond donors (Lipinski definition) is 0. The molecule has 7 heteroatoms. The largest absolute Gasteiger partial charge is 0.573 e. The molecule has 2 saturated carbocycles. The van der Waals surface area contributed by atoms with Gasteiger partial charge in [-0.25, -0.2) is 8.78 Å². The SMILES string of the molecule is FCCC=C[C@H]1CC[C@H](CC[C@H]2CC[C@H](c3cc(F)c(OC(F)(F)F)c(F)c3)CC2)CC1. The lowest BCUT2D eigenvalue weighted by Crippen LogP contribution is -2.20. The van der Waals surface area contributed by atoms with Gasteiger partial charge in [0.2, 0.25) is 5.75 Å². The highest BCUT2D eigenvalue weighted by molar-refractivity contribution is 5.33. The summed E-state index contributed by atoms with van der Waals surface area (Å²) < 4.78 is 80.7. The first-order chi connectivity index (χ1) is 15.2. The first-order valence-corrected chi connectivity index (χ1v) is 11.7. The van der Waals surface area contributed by atoms with E-state index in [-0.39, 0.29) is 12.6 Å². The molecule has 2 fully saturated rings. The van der Waals surface area contributed by atoms with Crippen molar-refractivity contribution in [1.29, 1.82) is 0 Å². The lowest BCUT2D eigenvalue weighted by Gasteiger charge is -2.31. The Kier molecular flexibility index (Phi) is 8.95. The highest BCUT2D eigenvalue weighted by Gasteiger charge is 2.34. The average molecular weight is 463 g/mol. The molecule has 2 aliphatic carbocycles. The van der Waals surface area contributed by atoms with E-state index in [2.05, 4.69) is 10.8 Å². The minimum Gasteiger partial charge on any atom is -0.399 e. The van der Waals surface area contributed by atoms with Crippen molar-refractivity contribution in [3.8, 4) is 5.75 Å². The van der Waals surface area contributed by atoms with Crippen LogP contribution in [0.5, 0.6) is 5.75 Å². The third kappa shape index (κ3) is 7.45. The van der Waals surface area contributed by atoms with E-state index in [4.69, 9.17) is 0 Å². The molecule has 0 amide bonds. The summed E-state index contributed by atoms with van der Waals surface area (Å²) in [6.45, 7) is -0.296. The van der Waals surface area contributed by atoms with Gasteiger partial charge in [0, 0.05) is 0 Å². The monoisotopic (exact) mass is 462 g/mol. The van der Waals surface area contributed by atoms with Crippen LogP contribution >= 0.6 is 0 Å². The molecule has 0 aliphatic heterocycles. The summed E-state index contributed by atoms with van der Waals surface area (Å²) in [5, 5.41) is 0. The van der Waals surface area contributed by atoms with Crippen LogP contribution in [0.2, 0.25) is 0 Å². The third-order valence-corrected chi connectivity index (χ3v) is 7.12. The Hall–Kier alpha value is -1.66. The van der Waals surface area contributed by atoms with Gasteiger partial charge in [0.05, 0.1) is 6.67 Å². The van der Waals surface area contributed by atoms with Crippen LogP contribution in [-0.4, -0.2) is 13.0 Å². The molecule has 2 aliphatic rings. The summed E-state index contributed by atoms with van der Waals surface area (Å²) in [7, 11) is 0. The second kappa shape index (κ2) is 11.5. The molecule has 0 radical (unpaired) electrons. The predicted molar refractivity (Wildman–Crippen MR) is 112 cm³/mol. The van der Waals surface area contributed by atoms with Crippen LogP contribution in [0, 0.1) is 29.4 Å². The van der Waals surface area contributed by atoms with Gasteiger partial charge in [-0.3, -0.25) is 4.39 Å². The lowest BCUT2D eigenvalue weighted by molar-refractivity contribution is -0.276. The fraction of sp³-hybridized carbons (Fsp3) is 0.680. The third-order valence-electron chi connectivity index (χ3n) is 7.12. The first-order valence-electron chi connectivity index (χ1n) is 11.7. The molecule has 180 valence electrons. The highest BCUT2D eigenvalue weighted by Crippen LogP contribution is 2.41. The van der Waals surface area contributed by atoms with E-state index in [1.165, 1.54) is 32.1 Å². The molecule has 0 saturated heterocycles. The van der Waals surface area contributed by atoms with Crippen molar-refractivity contribution in [2.45, 2.75) is 82.9 Å². The van der Waals surface area contributed by atoms with E-state index in [0.29, 0.717) is 23.8 Å². The Morgan fingerprint density at radius 1 is 0.844 bits per heavy atom. The van der Waals surface area contributed by atoms with Gasteiger partial charge in [-0.05, 0) is 99.2 Å². The van der Waals surface area contributed by atoms with Crippen molar-refractivity contribution < 1.29 is 31.1 Å². The molecular weight excluding hydrogens is 430 g/mol. The molecule has 3 rings (SSSR count). The standard InChI is InChI=1S/C25H32F6O/c26-14-2-1-3-17-4-6-18(7-5-17)8-9-19-10-12-20(13-11-19)21-15-22(27)24(23(28)16-21)32-25(29,30)31/h1,3,15-20H,2,4-14H2/t17-,18-,19-,20-. The van der Waals surface area contributed by atoms with Crippen molar-refractivity contribution in [1.82, 2.24) is 0 Å². The van der Waals surface area contributed by atoms with Gasteiger partial charge in [0.1, 0.15) is 0 Å². The number of halogens is 6. The summed E-state index contributed by atoms with van der Waals surface area (Å²) in [6, 6.07) is 1.96. The summed E-state index contributed by atoms with van der Waals surface area (Å²) >= 11 is 0. The molecule has 0 unspecified atom stereocenters. The molecule has 0 heterocycles. The molecule has 1 nitrogen and oxygen atoms in total. The minimum absolute atomic E-state index is 0.0401. The van der Waals surface area contributed by atoms with Crippen LogP contribution in [0.1, 0.15) is 82.1 Å². The van der Waals surface area contributed by atoms with E-state index in [9.17, 15) is 26.3 Å². The molecule has 1 aromatic carbocycles. The molecule has 1 aromatic rings. The Bertz CT molecular complexity index is 720. The number of alkyl halides is 4. The van der Waals surface area contributed by atoms with E-state index in [1.54, 1.807) is 0 Å². The smallest absolute Gasteiger partial charge is 0.399 e. The normalized spacial score (nSPS) is 27.1. The minimum atomic E-state index is -5.13. The molecule has 0 N–H and O–H groups in total. The lowest BCUT2D eigenvalue weighted by atomic mass is 9.74. The molecule has 0 aromatic heterocycles. The molecule has 0 spiro atoms. The van der Waals surface area contributed by atoms with Gasteiger partial charge in [0.15, 0.2) is 11.6 Å². The topological polar surface area (TPSA) is 9.23 Å². The Balaban J connectivity index is 1.42. The summed E-state index contributed by atoms with van der Waals surface area (Å²) in [5.41, 5.74) is 0.409. The van der Waals surface area contributed by atoms with E-state index < -0.39 is 23.7 Å². The first kappa shape index (κ1) is 25.0. The molecular formula is C25H32F6O. The van der Waals surface area contributed by atoms with Gasteiger partial charge in [-0.15, -0.1) is 13.2 Å². The van der Waals surface area contributed by atoms with Crippen molar-refractivity contribution >= 4 is 0 Å². The van der Waals surface area contributed by atoms with Gasteiger partial charge < -0.3 is 4.74 Å². The fourth-order valence-corrected chi connectivity index (χ4v) is 5.31. The molecule has 0 atom stereocenters. The average Bonchev–Trinajstić information content (AvgIpc) is 2.75. The summed E-state index contributed by atoms with van der Waals surface area (Å²) in [6.07, 6.45) is 10.1. The fourth-order valence-electron chi connectivity index (χ4n) is 5.31. The van der Waals surface area contributed by atoms with Crippen LogP contribution < -0.4 is 4.74 Å². The maximum Gasteiger partial charge on any atom is 0.573 e. The van der Waals surface area contributed by atoms with Crippen molar-refractivity contribution in [3.63, 3.8) is 0 Å². The quantitative estimate of drug-likeness (QED) is 0.277. The van der Waals surface area contributed by atoms with Crippen LogP contribution in [0.15, 0.2) is 24.3 Å². The number of hydrogen-bond acceptors (Lipinski definition) is 1. The Labute approximate surface area is 186 Å². The van der Waals surface area contributed by atoms with Crippen LogP contribution in [0.25, 0.3) is 0 Å². The number of rotatable bonds is 8. The van der Waals surface area contributed by atoms with Crippen molar-refractivity contribution in [3.05, 3.63) is 41.5 Å². The van der Waals surface area contributed by atoms with Gasteiger partial charge in [0.25, 0.3) is 0 Å². The zero-order valence-corrected chi connectivity index (χ0v) is 18.3. The maximum atomic E-state index is 14.0. The second-order valence-electron chi connectivity index (χ2n) is 9.34. The van der Waals surface area contributed by atoms with E-state index in [0.717, 1.165) is 50.2 Å². The number of allylic oxidation sites excluding steroid dienone is 2. The number of benzene rings is 1. The van der Waals surface area contributed by atoms with Crippen LogP contribution in [-0.2, 0) is 0 Å². The Morgan fingerprint density at radius 3 is 1.88 bits per heavy atom.